The van der Waals surface area contributed by atoms with Crippen LogP contribution in [0.25, 0.3) is 0 Å². The summed E-state index contributed by atoms with van der Waals surface area (Å²) in [5.41, 5.74) is 1.92. The number of nitrogens with zero attached hydrogens (tertiary/aromatic N) is 1. The van der Waals surface area contributed by atoms with E-state index < -0.39 is 0 Å². The summed E-state index contributed by atoms with van der Waals surface area (Å²) < 4.78 is 0. The first-order valence-corrected chi connectivity index (χ1v) is 9.87. The van der Waals surface area contributed by atoms with Crippen LogP contribution < -0.4 is 16.0 Å². The highest BCUT2D eigenvalue weighted by atomic mass is 127. The van der Waals surface area contributed by atoms with Crippen LogP contribution in [0.5, 0.6) is 0 Å². The molecule has 0 saturated heterocycles. The number of guanidine groups is 1. The largest absolute Gasteiger partial charge is 0.356 e. The second kappa shape index (κ2) is 12.7. The number of amides is 1. The van der Waals surface area contributed by atoms with E-state index >= 15 is 0 Å². The van der Waals surface area contributed by atoms with Crippen molar-refractivity contribution in [2.45, 2.75) is 39.2 Å². The first-order chi connectivity index (χ1) is 12.6. The van der Waals surface area contributed by atoms with Crippen LogP contribution in [0.1, 0.15) is 43.0 Å². The van der Waals surface area contributed by atoms with Gasteiger partial charge >= 0.3 is 0 Å². The third-order valence-corrected chi connectivity index (χ3v) is 5.08. The lowest BCUT2D eigenvalue weighted by atomic mass is 10.1. The quantitative estimate of drug-likeness (QED) is 0.283. The lowest BCUT2D eigenvalue weighted by Gasteiger charge is -2.15. The molecule has 0 aliphatic heterocycles. The van der Waals surface area contributed by atoms with E-state index in [1.165, 1.54) is 4.88 Å². The van der Waals surface area contributed by atoms with Gasteiger partial charge in [-0.3, -0.25) is 9.79 Å². The maximum absolute atomic E-state index is 11.7. The van der Waals surface area contributed by atoms with Gasteiger partial charge in [0.2, 0.25) is 5.91 Å². The molecule has 2 aromatic rings. The summed E-state index contributed by atoms with van der Waals surface area (Å²) in [5.74, 6) is 1.26. The van der Waals surface area contributed by atoms with Gasteiger partial charge in [0.1, 0.15) is 0 Å². The van der Waals surface area contributed by atoms with Gasteiger partial charge in [-0.05, 0) is 35.6 Å². The molecule has 0 radical (unpaired) electrons. The maximum Gasteiger partial charge on any atom is 0.224 e. The fourth-order valence-electron chi connectivity index (χ4n) is 2.54. The van der Waals surface area contributed by atoms with Crippen LogP contribution >= 0.6 is 35.3 Å². The fourth-order valence-corrected chi connectivity index (χ4v) is 3.33. The van der Waals surface area contributed by atoms with E-state index in [9.17, 15) is 4.79 Å². The monoisotopic (exact) mass is 500 g/mol. The Kier molecular flexibility index (Phi) is 11.0. The van der Waals surface area contributed by atoms with Crippen LogP contribution in [-0.4, -0.2) is 25.5 Å². The molecule has 1 aromatic heterocycles. The number of anilines is 1. The first kappa shape index (κ1) is 23.4. The molecule has 27 heavy (non-hydrogen) atoms. The first-order valence-electron chi connectivity index (χ1n) is 8.99. The van der Waals surface area contributed by atoms with E-state index in [2.05, 4.69) is 45.4 Å². The van der Waals surface area contributed by atoms with Crippen LogP contribution in [0, 0.1) is 0 Å². The van der Waals surface area contributed by atoms with Gasteiger partial charge in [-0.1, -0.05) is 32.0 Å². The predicted molar refractivity (Wildman–Crippen MR) is 126 cm³/mol. The van der Waals surface area contributed by atoms with Crippen molar-refractivity contribution in [2.75, 3.05) is 18.9 Å². The second-order valence-electron chi connectivity index (χ2n) is 6.22. The number of aliphatic imine (C=N–C) groups is 1. The minimum atomic E-state index is 0. The summed E-state index contributed by atoms with van der Waals surface area (Å²) in [4.78, 5) is 17.4. The van der Waals surface area contributed by atoms with Crippen LogP contribution in [0.15, 0.2) is 46.8 Å². The summed E-state index contributed by atoms with van der Waals surface area (Å²) in [6, 6.07) is 12.1. The molecular weight excluding hydrogens is 471 g/mol. The number of hydrogen-bond acceptors (Lipinski definition) is 3. The number of hydrogen-bond donors (Lipinski definition) is 3. The molecule has 1 heterocycles. The topological polar surface area (TPSA) is 65.5 Å². The van der Waals surface area contributed by atoms with Crippen molar-refractivity contribution < 1.29 is 4.79 Å². The second-order valence-corrected chi connectivity index (χ2v) is 7.20. The molecule has 148 valence electrons. The smallest absolute Gasteiger partial charge is 0.224 e. The molecular formula is C20H29IN4OS. The summed E-state index contributed by atoms with van der Waals surface area (Å²) in [6.07, 6.45) is 1.39. The zero-order valence-electron chi connectivity index (χ0n) is 16.1. The van der Waals surface area contributed by atoms with Gasteiger partial charge in [0.15, 0.2) is 5.96 Å². The summed E-state index contributed by atoms with van der Waals surface area (Å²) >= 11 is 1.78. The molecule has 0 aliphatic carbocycles. The van der Waals surface area contributed by atoms with E-state index in [0.717, 1.165) is 30.2 Å². The Balaban J connectivity index is 0.00000364. The highest BCUT2D eigenvalue weighted by Gasteiger charge is 2.08. The minimum absolute atomic E-state index is 0. The summed E-state index contributed by atoms with van der Waals surface area (Å²) in [5, 5.41) is 11.7. The molecule has 2 rings (SSSR count). The number of benzene rings is 1. The van der Waals surface area contributed by atoms with Gasteiger partial charge in [0, 0.05) is 43.0 Å². The maximum atomic E-state index is 11.7. The Labute approximate surface area is 183 Å². The van der Waals surface area contributed by atoms with Crippen molar-refractivity contribution in [3.8, 4) is 0 Å². The van der Waals surface area contributed by atoms with Gasteiger partial charge in [0.05, 0.1) is 0 Å². The van der Waals surface area contributed by atoms with Gasteiger partial charge < -0.3 is 16.0 Å². The Morgan fingerprint density at radius 2 is 2.04 bits per heavy atom. The van der Waals surface area contributed by atoms with E-state index in [0.29, 0.717) is 18.9 Å². The van der Waals surface area contributed by atoms with E-state index in [1.54, 1.807) is 18.4 Å². The minimum Gasteiger partial charge on any atom is -0.356 e. The van der Waals surface area contributed by atoms with Crippen LogP contribution in [0.3, 0.4) is 0 Å². The van der Waals surface area contributed by atoms with Gasteiger partial charge in [-0.15, -0.1) is 35.3 Å². The Morgan fingerprint density at radius 1 is 1.22 bits per heavy atom. The number of rotatable bonds is 8. The Hall–Kier alpha value is -1.61. The van der Waals surface area contributed by atoms with Crippen molar-refractivity contribution in [1.82, 2.24) is 10.6 Å². The molecule has 7 heteroatoms. The molecule has 0 fully saturated rings. The normalized spacial score (nSPS) is 12.0. The fraction of sp³-hybridized carbons (Fsp3) is 0.400. The number of halogens is 1. The van der Waals surface area contributed by atoms with Crippen LogP contribution in [0.4, 0.5) is 5.69 Å². The average Bonchev–Trinajstić information content (AvgIpc) is 3.17. The molecule has 5 nitrogen and oxygen atoms in total. The number of carbonyl (C=O) groups excluding carboxylic acids is 1. The standard InChI is InChI=1S/C20H28N4OS.HI/c1-4-7-19(25)24-17-9-5-8-16(12-17)14-23-20(21-3)22-13-15(2)18-10-6-11-26-18;/h5-6,8-12,15H,4,7,13-14H2,1-3H3,(H,24,25)(H2,21,22,23);1H. The van der Waals surface area contributed by atoms with E-state index in [4.69, 9.17) is 0 Å². The van der Waals surface area contributed by atoms with Gasteiger partial charge in [-0.2, -0.15) is 0 Å². The molecule has 0 saturated carbocycles. The highest BCUT2D eigenvalue weighted by Crippen LogP contribution is 2.19. The van der Waals surface area contributed by atoms with Crippen molar-refractivity contribution in [2.24, 2.45) is 4.99 Å². The lowest BCUT2D eigenvalue weighted by Crippen LogP contribution is -2.38. The van der Waals surface area contributed by atoms with Gasteiger partial charge in [0.25, 0.3) is 0 Å². The molecule has 1 atom stereocenters. The van der Waals surface area contributed by atoms with Crippen molar-refractivity contribution in [3.63, 3.8) is 0 Å². The number of thiophene rings is 1. The number of carbonyl (C=O) groups is 1. The Bertz CT molecular complexity index is 719. The lowest BCUT2D eigenvalue weighted by molar-refractivity contribution is -0.116. The predicted octanol–water partition coefficient (Wildman–Crippen LogP) is 4.57. The SMILES string of the molecule is CCCC(=O)Nc1cccc(CNC(=NC)NCC(C)c2cccs2)c1.I. The molecule has 0 aliphatic rings. The molecule has 1 amide bonds. The summed E-state index contributed by atoms with van der Waals surface area (Å²) in [7, 11) is 1.77. The molecule has 0 bridgehead atoms. The summed E-state index contributed by atoms with van der Waals surface area (Å²) in [6.45, 7) is 5.67. The third-order valence-electron chi connectivity index (χ3n) is 3.98. The van der Waals surface area contributed by atoms with E-state index in [-0.39, 0.29) is 29.9 Å². The van der Waals surface area contributed by atoms with Crippen molar-refractivity contribution >= 4 is 52.9 Å². The van der Waals surface area contributed by atoms with Gasteiger partial charge in [-0.25, -0.2) is 0 Å². The van der Waals surface area contributed by atoms with E-state index in [1.807, 2.05) is 31.2 Å². The molecule has 3 N–H and O–H groups in total. The van der Waals surface area contributed by atoms with Crippen molar-refractivity contribution in [1.29, 1.82) is 0 Å². The Morgan fingerprint density at radius 3 is 2.70 bits per heavy atom. The molecule has 1 aromatic carbocycles. The average molecular weight is 500 g/mol. The highest BCUT2D eigenvalue weighted by molar-refractivity contribution is 14.0. The van der Waals surface area contributed by atoms with Crippen molar-refractivity contribution in [3.05, 3.63) is 52.2 Å². The molecule has 1 unspecified atom stereocenters. The van der Waals surface area contributed by atoms with Crippen LogP contribution in [0.2, 0.25) is 0 Å². The zero-order chi connectivity index (χ0) is 18.8. The number of nitrogens with one attached hydrogen (secondary N) is 3. The third kappa shape index (κ3) is 8.30. The van der Waals surface area contributed by atoms with Crippen LogP contribution in [-0.2, 0) is 11.3 Å². The zero-order valence-corrected chi connectivity index (χ0v) is 19.3. The molecule has 0 spiro atoms.